The zero-order valence-corrected chi connectivity index (χ0v) is 60.5. The van der Waals surface area contributed by atoms with Crippen molar-refractivity contribution in [2.45, 2.75) is 145 Å². The second kappa shape index (κ2) is 37.9. The van der Waals surface area contributed by atoms with Crippen LogP contribution in [0, 0.1) is 34.3 Å². The average molecular weight is 1380 g/mol. The normalized spacial score (nSPS) is 16.5. The molecule has 4 fully saturated rings. The molecule has 0 unspecified atom stereocenters. The van der Waals surface area contributed by atoms with Crippen molar-refractivity contribution < 1.29 is 66.6 Å². The van der Waals surface area contributed by atoms with Crippen LogP contribution in [0.15, 0.2) is 61.2 Å². The lowest BCUT2D eigenvalue weighted by molar-refractivity contribution is -0.134. The third-order valence-corrected chi connectivity index (χ3v) is 18.9. The van der Waals surface area contributed by atoms with Gasteiger partial charge in [0.2, 0.25) is 0 Å². The summed E-state index contributed by atoms with van der Waals surface area (Å²) in [4.78, 5) is 72.5. The molecule has 2 atom stereocenters. The van der Waals surface area contributed by atoms with Crippen LogP contribution in [0.25, 0.3) is 0 Å². The Morgan fingerprint density at radius 1 is 0.571 bits per heavy atom. The number of methoxy groups -OCH3 is 4. The van der Waals surface area contributed by atoms with Gasteiger partial charge in [0.05, 0.1) is 11.1 Å². The predicted molar refractivity (Wildman–Crippen MR) is 369 cm³/mol. The van der Waals surface area contributed by atoms with Crippen LogP contribution < -0.4 is 19.3 Å². The molecule has 2 aromatic carbocycles. The van der Waals surface area contributed by atoms with Gasteiger partial charge in [-0.05, 0) is 155 Å². The number of carbonyl (C=O) groups is 4. The van der Waals surface area contributed by atoms with E-state index in [1.807, 2.05) is 41.5 Å². The van der Waals surface area contributed by atoms with Crippen molar-refractivity contribution in [2.75, 3.05) is 144 Å². The number of likely N-dealkylation sites (N-methyl/N-ethyl adjacent to an activating group) is 2. The molecule has 28 heteroatoms. The van der Waals surface area contributed by atoms with Crippen molar-refractivity contribution in [3.8, 4) is 23.3 Å². The molecule has 0 radical (unpaired) electrons. The van der Waals surface area contributed by atoms with E-state index in [0.717, 1.165) is 117 Å². The number of amides is 2. The summed E-state index contributed by atoms with van der Waals surface area (Å²) in [6, 6.07) is 8.93. The molecule has 4 aromatic rings. The Morgan fingerprint density at radius 3 is 1.23 bits per heavy atom. The number of carboxylic acids is 2. The van der Waals surface area contributed by atoms with Crippen LogP contribution in [0.1, 0.15) is 128 Å². The number of likely N-dealkylation sites (tertiary alicyclic amines) is 2. The minimum atomic E-state index is -1.26. The maximum atomic E-state index is 14.3. The largest absolute Gasteiger partial charge is 0.478 e. The van der Waals surface area contributed by atoms with Crippen LogP contribution in [0.5, 0.6) is 23.3 Å². The highest BCUT2D eigenvalue weighted by molar-refractivity contribution is 5.98. The number of aromatic nitrogens is 6. The number of anilines is 2. The van der Waals surface area contributed by atoms with Crippen LogP contribution in [0.4, 0.5) is 20.4 Å². The summed E-state index contributed by atoms with van der Waals surface area (Å²) in [7, 11) is 10.9. The SMILES string of the molecule is CCN(C(=O)c1cc(F)ccc1Oc1nncnc1N1CCC2(C1)CN([C@H](CCCN(C)CC(OC)OC)C(C)C)C2)C(C)C.CCN(C(=O)c1cc(F)ccc1Oc1nncnc1N1CCC2(C1)CN([C@H](CCCN(C)CC(OC)OC)C(C)C)C2)C(C)C.O=C(O)/C=C/C(=O)O. The van der Waals surface area contributed by atoms with E-state index in [0.29, 0.717) is 60.8 Å². The van der Waals surface area contributed by atoms with Gasteiger partial charge in [0.25, 0.3) is 23.6 Å². The topological polar surface area (TPSA) is 267 Å². The smallest absolute Gasteiger partial charge is 0.328 e. The van der Waals surface area contributed by atoms with Gasteiger partial charge in [-0.1, -0.05) is 27.7 Å². The first-order valence-corrected chi connectivity index (χ1v) is 34.2. The van der Waals surface area contributed by atoms with Crippen LogP contribution in [0.3, 0.4) is 0 Å². The summed E-state index contributed by atoms with van der Waals surface area (Å²) in [5.41, 5.74) is 0.675. The molecular weight excluding hydrogens is 1270 g/mol. The molecule has 8 rings (SSSR count). The van der Waals surface area contributed by atoms with Crippen molar-refractivity contribution in [2.24, 2.45) is 22.7 Å². The summed E-state index contributed by atoms with van der Waals surface area (Å²) in [6.45, 7) is 32.8. The summed E-state index contributed by atoms with van der Waals surface area (Å²) in [6.07, 6.45) is 10.2. The standard InChI is InChI=1S/2C33H52FN7O4.C4H4O4/c2*1-9-41(24(4)5)32(42)26-17-25(34)12-13-28(26)45-31-30(35-22-36-37-31)39-16-14-33(19-39)20-40(21-33)27(23(2)3)11-10-15-38(6)18-29(43-7)44-8;5-3(6)1-2-4(7)8/h2*12-13,17,22-24,27,29H,9-11,14-16,18-21H2,1-8H3;1-2H,(H,5,6)(H,7,8)/b;;2-1+/t2*27-;/m11./s1. The second-order valence-electron chi connectivity index (χ2n) is 27.4. The lowest BCUT2D eigenvalue weighted by Crippen LogP contribution is -2.62. The Balaban J connectivity index is 0.000000278. The van der Waals surface area contributed by atoms with Crippen LogP contribution >= 0.6 is 0 Å². The van der Waals surface area contributed by atoms with E-state index in [9.17, 15) is 28.0 Å². The van der Waals surface area contributed by atoms with E-state index in [2.05, 4.69) is 102 Å². The Bertz CT molecular complexity index is 3000. The zero-order chi connectivity index (χ0) is 72.0. The molecule has 0 saturated carbocycles. The van der Waals surface area contributed by atoms with E-state index in [-0.39, 0.29) is 81.7 Å². The Hall–Kier alpha value is -7.18. The summed E-state index contributed by atoms with van der Waals surface area (Å²) in [5.74, 6) is -0.904. The predicted octanol–water partition coefficient (Wildman–Crippen LogP) is 8.79. The van der Waals surface area contributed by atoms with Gasteiger partial charge in [0.15, 0.2) is 24.2 Å². The molecular formula is C70H108F2N14O12. The van der Waals surface area contributed by atoms with Gasteiger partial charge in [-0.3, -0.25) is 19.4 Å². The fourth-order valence-corrected chi connectivity index (χ4v) is 13.8. The van der Waals surface area contributed by atoms with Gasteiger partial charge < -0.3 is 68.0 Å². The van der Waals surface area contributed by atoms with E-state index in [1.54, 1.807) is 38.2 Å². The molecule has 0 bridgehead atoms. The summed E-state index contributed by atoms with van der Waals surface area (Å²) >= 11 is 0. The van der Waals surface area contributed by atoms with Gasteiger partial charge in [-0.25, -0.2) is 28.3 Å². The van der Waals surface area contributed by atoms with Crippen molar-refractivity contribution >= 4 is 35.4 Å². The number of carbonyl (C=O) groups excluding carboxylic acids is 2. The molecule has 544 valence electrons. The quantitative estimate of drug-likeness (QED) is 0.0327. The third-order valence-electron chi connectivity index (χ3n) is 18.9. The number of halogens is 2. The van der Waals surface area contributed by atoms with Gasteiger partial charge in [0.1, 0.15) is 35.8 Å². The fourth-order valence-electron chi connectivity index (χ4n) is 13.8. The molecule has 2 N–H and O–H groups in total. The van der Waals surface area contributed by atoms with Crippen LogP contribution in [-0.4, -0.2) is 265 Å². The number of ether oxygens (including phenoxy) is 6. The maximum Gasteiger partial charge on any atom is 0.328 e. The van der Waals surface area contributed by atoms with Crippen LogP contribution in [-0.2, 0) is 28.5 Å². The minimum Gasteiger partial charge on any atom is -0.478 e. The molecule has 4 aliphatic rings. The molecule has 4 aliphatic heterocycles. The lowest BCUT2D eigenvalue weighted by atomic mass is 9.76. The molecule has 0 aliphatic carbocycles. The molecule has 4 saturated heterocycles. The summed E-state index contributed by atoms with van der Waals surface area (Å²) in [5, 5.41) is 32.1. The lowest BCUT2D eigenvalue weighted by Gasteiger charge is -2.53. The highest BCUT2D eigenvalue weighted by Crippen LogP contribution is 2.47. The van der Waals surface area contributed by atoms with Gasteiger partial charge in [-0.15, -0.1) is 20.4 Å². The van der Waals surface area contributed by atoms with E-state index < -0.39 is 23.6 Å². The minimum absolute atomic E-state index is 0.0450. The highest BCUT2D eigenvalue weighted by atomic mass is 19.1. The number of rotatable bonds is 34. The fraction of sp³-hybridized carbons (Fsp3) is 0.657. The summed E-state index contributed by atoms with van der Waals surface area (Å²) < 4.78 is 62.4. The van der Waals surface area contributed by atoms with Crippen molar-refractivity contribution in [3.05, 3.63) is 84.0 Å². The maximum absolute atomic E-state index is 14.3. The first kappa shape index (κ1) is 79.8. The first-order valence-electron chi connectivity index (χ1n) is 34.2. The monoisotopic (exact) mass is 1370 g/mol. The van der Waals surface area contributed by atoms with Gasteiger partial charge >= 0.3 is 11.9 Å². The van der Waals surface area contributed by atoms with E-state index in [4.69, 9.17) is 38.6 Å². The number of benzene rings is 2. The van der Waals surface area contributed by atoms with Gasteiger partial charge in [-0.2, -0.15) is 0 Å². The second-order valence-corrected chi connectivity index (χ2v) is 27.4. The number of hydrogen-bond donors (Lipinski definition) is 2. The van der Waals surface area contributed by atoms with Crippen molar-refractivity contribution in [1.29, 1.82) is 0 Å². The average Bonchev–Trinajstić information content (AvgIpc) is 1.57. The zero-order valence-electron chi connectivity index (χ0n) is 60.5. The van der Waals surface area contributed by atoms with Crippen LogP contribution in [0.2, 0.25) is 0 Å². The van der Waals surface area contributed by atoms with E-state index >= 15 is 0 Å². The molecule has 26 nitrogen and oxygen atoms in total. The van der Waals surface area contributed by atoms with E-state index in [1.165, 1.54) is 49.1 Å². The third kappa shape index (κ3) is 22.2. The number of aliphatic carboxylic acids is 2. The molecule has 98 heavy (non-hydrogen) atoms. The number of carboxylic acid groups (broad SMARTS) is 2. The highest BCUT2D eigenvalue weighted by Gasteiger charge is 2.52. The van der Waals surface area contributed by atoms with Crippen molar-refractivity contribution in [3.63, 3.8) is 0 Å². The Kier molecular flexibility index (Phi) is 30.8. The Labute approximate surface area is 577 Å². The molecule has 2 aromatic heterocycles. The molecule has 2 spiro atoms. The first-order chi connectivity index (χ1) is 46.6. The molecule has 6 heterocycles. The van der Waals surface area contributed by atoms with Gasteiger partial charge in [0, 0.05) is 154 Å². The Morgan fingerprint density at radius 2 is 0.929 bits per heavy atom. The van der Waals surface area contributed by atoms with Crippen molar-refractivity contribution in [1.82, 2.24) is 59.8 Å². The molecule has 2 amide bonds. The number of hydrogen-bond acceptors (Lipinski definition) is 22. The number of nitrogens with zero attached hydrogens (tertiary/aromatic N) is 14.